The summed E-state index contributed by atoms with van der Waals surface area (Å²) >= 11 is 0. The SMILES string of the molecule is COc1ccc(CN(Cc2ccc(OC)cc2)c2ncccc2[C@@H](CCCN2CCCCC2)N[S@@](=O)C(C)(C)C)cc1. The molecular weight excluding hydrogens is 544 g/mol. The summed E-state index contributed by atoms with van der Waals surface area (Å²) in [4.78, 5) is 9.85. The third-order valence-electron chi connectivity index (χ3n) is 7.78. The number of anilines is 1. The first-order valence-electron chi connectivity index (χ1n) is 15.1. The van der Waals surface area contributed by atoms with Crippen molar-refractivity contribution in [3.63, 3.8) is 0 Å². The first-order chi connectivity index (χ1) is 20.3. The van der Waals surface area contributed by atoms with Gasteiger partial charge in [0.1, 0.15) is 17.3 Å². The molecule has 0 radical (unpaired) electrons. The third kappa shape index (κ3) is 9.28. The number of rotatable bonds is 14. The highest BCUT2D eigenvalue weighted by Gasteiger charge is 2.27. The van der Waals surface area contributed by atoms with Gasteiger partial charge in [0.25, 0.3) is 0 Å². The van der Waals surface area contributed by atoms with Gasteiger partial charge in [-0.2, -0.15) is 0 Å². The summed E-state index contributed by atoms with van der Waals surface area (Å²) in [6, 6.07) is 20.5. The predicted molar refractivity (Wildman–Crippen MR) is 173 cm³/mol. The molecule has 2 aromatic carbocycles. The highest BCUT2D eigenvalue weighted by atomic mass is 32.2. The van der Waals surface area contributed by atoms with Crippen LogP contribution < -0.4 is 19.1 Å². The Morgan fingerprint density at radius 1 is 0.905 bits per heavy atom. The Hall–Kier alpha value is -2.94. The molecule has 2 heterocycles. The molecular formula is C34H48N4O3S. The molecule has 4 rings (SSSR count). The van der Waals surface area contributed by atoms with Crippen molar-refractivity contribution in [2.45, 2.75) is 76.8 Å². The normalized spacial score (nSPS) is 15.6. The van der Waals surface area contributed by atoms with Crippen molar-refractivity contribution in [2.75, 3.05) is 38.8 Å². The van der Waals surface area contributed by atoms with Crippen LogP contribution in [0.3, 0.4) is 0 Å². The first kappa shape index (κ1) is 32.0. The number of hydrogen-bond acceptors (Lipinski definition) is 6. The lowest BCUT2D eigenvalue weighted by Crippen LogP contribution is -2.37. The molecule has 0 amide bonds. The minimum atomic E-state index is -1.22. The summed E-state index contributed by atoms with van der Waals surface area (Å²) in [5.74, 6) is 2.58. The Morgan fingerprint density at radius 3 is 2.00 bits per heavy atom. The number of pyridine rings is 1. The molecule has 1 aliphatic rings. The van der Waals surface area contributed by atoms with Crippen molar-refractivity contribution in [2.24, 2.45) is 0 Å². The van der Waals surface area contributed by atoms with E-state index in [0.29, 0.717) is 13.1 Å². The maximum Gasteiger partial charge on any atom is 0.133 e. The third-order valence-corrected chi connectivity index (χ3v) is 9.39. The summed E-state index contributed by atoms with van der Waals surface area (Å²) in [6.45, 7) is 10.8. The van der Waals surface area contributed by atoms with Gasteiger partial charge in [-0.05, 0) is 108 Å². The molecule has 1 aliphatic heterocycles. The molecule has 2 atom stereocenters. The molecule has 0 spiro atoms. The molecule has 42 heavy (non-hydrogen) atoms. The Bertz CT molecular complexity index is 1210. The smallest absolute Gasteiger partial charge is 0.133 e. The zero-order valence-corrected chi connectivity index (χ0v) is 26.8. The Morgan fingerprint density at radius 2 is 1.48 bits per heavy atom. The molecule has 7 nitrogen and oxygen atoms in total. The van der Waals surface area contributed by atoms with E-state index in [-0.39, 0.29) is 10.8 Å². The fraction of sp³-hybridized carbons (Fsp3) is 0.500. The van der Waals surface area contributed by atoms with Crippen LogP contribution in [-0.2, 0) is 24.1 Å². The Kier molecular flexibility index (Phi) is 11.8. The largest absolute Gasteiger partial charge is 0.497 e. The molecule has 0 unspecified atom stereocenters. The van der Waals surface area contributed by atoms with Gasteiger partial charge in [-0.1, -0.05) is 36.8 Å². The van der Waals surface area contributed by atoms with E-state index in [9.17, 15) is 4.21 Å². The number of nitrogens with zero attached hydrogens (tertiary/aromatic N) is 3. The van der Waals surface area contributed by atoms with Gasteiger partial charge in [0.2, 0.25) is 0 Å². The number of benzene rings is 2. The van der Waals surface area contributed by atoms with Crippen LogP contribution in [0.5, 0.6) is 11.5 Å². The van der Waals surface area contributed by atoms with Crippen molar-refractivity contribution < 1.29 is 13.7 Å². The second-order valence-electron chi connectivity index (χ2n) is 12.1. The number of likely N-dealkylation sites (tertiary alicyclic amines) is 1. The number of aromatic nitrogens is 1. The number of methoxy groups -OCH3 is 2. The van der Waals surface area contributed by atoms with E-state index in [1.165, 1.54) is 32.4 Å². The van der Waals surface area contributed by atoms with Crippen LogP contribution in [-0.4, -0.2) is 52.7 Å². The fourth-order valence-electron chi connectivity index (χ4n) is 5.34. The summed E-state index contributed by atoms with van der Waals surface area (Å²) in [5.41, 5.74) is 3.40. The maximum atomic E-state index is 13.4. The van der Waals surface area contributed by atoms with E-state index in [4.69, 9.17) is 14.5 Å². The molecule has 0 saturated carbocycles. The van der Waals surface area contributed by atoms with E-state index in [1.807, 2.05) is 57.3 Å². The zero-order valence-electron chi connectivity index (χ0n) is 26.0. The van der Waals surface area contributed by atoms with Gasteiger partial charge in [0, 0.05) is 30.9 Å². The standard InChI is InChI=1S/C34H48N4O3S/c1-34(2,3)42(39)36-32(12-10-24-37-22-7-6-8-23-37)31-11-9-21-35-33(31)38(25-27-13-17-29(40-4)18-14-27)26-28-15-19-30(41-5)20-16-28/h9,11,13-21,32,36H,6-8,10,12,22-26H2,1-5H3/t32-,42+/m1/s1. The van der Waals surface area contributed by atoms with E-state index in [0.717, 1.165) is 53.4 Å². The van der Waals surface area contributed by atoms with E-state index < -0.39 is 11.0 Å². The van der Waals surface area contributed by atoms with Crippen LogP contribution in [0.2, 0.25) is 0 Å². The summed E-state index contributed by atoms with van der Waals surface area (Å²) in [7, 11) is 2.15. The first-order valence-corrected chi connectivity index (χ1v) is 16.3. The fourth-order valence-corrected chi connectivity index (χ4v) is 6.20. The van der Waals surface area contributed by atoms with Crippen molar-refractivity contribution in [3.8, 4) is 11.5 Å². The van der Waals surface area contributed by atoms with E-state index >= 15 is 0 Å². The van der Waals surface area contributed by atoms with Gasteiger partial charge in [-0.25, -0.2) is 13.9 Å². The number of ether oxygens (including phenoxy) is 2. The van der Waals surface area contributed by atoms with Crippen molar-refractivity contribution in [1.29, 1.82) is 0 Å². The van der Waals surface area contributed by atoms with Gasteiger partial charge in [0.15, 0.2) is 0 Å². The summed E-state index contributed by atoms with van der Waals surface area (Å²) in [5, 5.41) is 0. The highest BCUT2D eigenvalue weighted by molar-refractivity contribution is 7.84. The predicted octanol–water partition coefficient (Wildman–Crippen LogP) is 6.66. The van der Waals surface area contributed by atoms with Gasteiger partial charge in [0.05, 0.1) is 30.0 Å². The lowest BCUT2D eigenvalue weighted by atomic mass is 10.0. The average Bonchev–Trinajstić information content (AvgIpc) is 3.01. The number of nitrogens with one attached hydrogen (secondary N) is 1. The van der Waals surface area contributed by atoms with Crippen LogP contribution in [0.15, 0.2) is 66.9 Å². The van der Waals surface area contributed by atoms with Crippen LogP contribution in [0.25, 0.3) is 0 Å². The maximum absolute atomic E-state index is 13.4. The van der Waals surface area contributed by atoms with Crippen LogP contribution in [0.1, 0.15) is 75.6 Å². The zero-order chi connectivity index (χ0) is 30.0. The minimum absolute atomic E-state index is 0.0900. The van der Waals surface area contributed by atoms with E-state index in [2.05, 4.69) is 44.9 Å². The van der Waals surface area contributed by atoms with Crippen LogP contribution in [0, 0.1) is 0 Å². The molecule has 3 aromatic rings. The van der Waals surface area contributed by atoms with Gasteiger partial charge >= 0.3 is 0 Å². The molecule has 0 aliphatic carbocycles. The molecule has 228 valence electrons. The Labute approximate surface area is 255 Å². The molecule has 8 heteroatoms. The van der Waals surface area contributed by atoms with Crippen LogP contribution >= 0.6 is 0 Å². The second-order valence-corrected chi connectivity index (χ2v) is 14.1. The lowest BCUT2D eigenvalue weighted by molar-refractivity contribution is 0.222. The molecule has 0 bridgehead atoms. The lowest BCUT2D eigenvalue weighted by Gasteiger charge is -2.31. The van der Waals surface area contributed by atoms with Crippen LogP contribution in [0.4, 0.5) is 5.82 Å². The number of piperidine rings is 1. The van der Waals surface area contributed by atoms with Gasteiger partial charge in [-0.3, -0.25) is 0 Å². The number of hydrogen-bond donors (Lipinski definition) is 1. The Balaban J connectivity index is 1.65. The molecule has 1 saturated heterocycles. The van der Waals surface area contributed by atoms with Gasteiger partial charge < -0.3 is 19.3 Å². The van der Waals surface area contributed by atoms with Crippen molar-refractivity contribution in [3.05, 3.63) is 83.6 Å². The molecule has 1 fully saturated rings. The second kappa shape index (κ2) is 15.5. The highest BCUT2D eigenvalue weighted by Crippen LogP contribution is 2.31. The minimum Gasteiger partial charge on any atom is -0.497 e. The molecule has 1 N–H and O–H groups in total. The average molecular weight is 593 g/mol. The monoisotopic (exact) mass is 592 g/mol. The summed E-state index contributed by atoms with van der Waals surface area (Å²) < 4.78 is 27.4. The van der Waals surface area contributed by atoms with E-state index in [1.54, 1.807) is 14.2 Å². The van der Waals surface area contributed by atoms with Crippen molar-refractivity contribution >= 4 is 16.8 Å². The topological polar surface area (TPSA) is 66.9 Å². The quantitative estimate of drug-likeness (QED) is 0.226. The van der Waals surface area contributed by atoms with Crippen molar-refractivity contribution in [1.82, 2.24) is 14.6 Å². The van der Waals surface area contributed by atoms with Gasteiger partial charge in [-0.15, -0.1) is 0 Å². The summed E-state index contributed by atoms with van der Waals surface area (Å²) in [6.07, 6.45) is 7.68. The molecule has 1 aromatic heterocycles.